The largest absolute Gasteiger partial charge is 0.322 e. The van der Waals surface area contributed by atoms with Crippen LogP contribution in [0, 0.1) is 13.8 Å². The first-order valence-corrected chi connectivity index (χ1v) is 9.77. The van der Waals surface area contributed by atoms with Gasteiger partial charge in [-0.2, -0.15) is 5.10 Å². The van der Waals surface area contributed by atoms with Crippen LogP contribution < -0.4 is 5.32 Å². The molecule has 0 spiro atoms. The first-order valence-electron chi connectivity index (χ1n) is 9.77. The number of anilines is 1. The van der Waals surface area contributed by atoms with Crippen LogP contribution in [0.3, 0.4) is 0 Å². The third-order valence-corrected chi connectivity index (χ3v) is 5.00. The Balaban J connectivity index is 1.84. The molecule has 1 amide bonds. The molecule has 2 heterocycles. The van der Waals surface area contributed by atoms with Gasteiger partial charge in [0.1, 0.15) is 5.56 Å². The summed E-state index contributed by atoms with van der Waals surface area (Å²) in [6.45, 7) is 6.00. The summed E-state index contributed by atoms with van der Waals surface area (Å²) in [7, 11) is 0. The minimum Gasteiger partial charge on any atom is -0.322 e. The molecule has 0 saturated heterocycles. The molecule has 146 valence electrons. The van der Waals surface area contributed by atoms with Crippen molar-refractivity contribution in [3.63, 3.8) is 0 Å². The molecule has 0 aliphatic carbocycles. The normalized spacial score (nSPS) is 10.9. The summed E-state index contributed by atoms with van der Waals surface area (Å²) < 4.78 is 3.77. The molecular formula is C24H24N4O. The second-order valence-corrected chi connectivity index (χ2v) is 7.09. The highest BCUT2D eigenvalue weighted by molar-refractivity contribution is 6.07. The number of aryl methyl sites for hydroxylation is 3. The highest BCUT2D eigenvalue weighted by atomic mass is 16.1. The maximum absolute atomic E-state index is 13.4. The maximum atomic E-state index is 13.4. The summed E-state index contributed by atoms with van der Waals surface area (Å²) in [6.07, 6.45) is 4.71. The van der Waals surface area contributed by atoms with Gasteiger partial charge < -0.3 is 9.88 Å². The molecule has 5 heteroatoms. The third-order valence-electron chi connectivity index (χ3n) is 5.00. The summed E-state index contributed by atoms with van der Waals surface area (Å²) >= 11 is 0. The van der Waals surface area contributed by atoms with Gasteiger partial charge in [-0.25, -0.2) is 4.68 Å². The van der Waals surface area contributed by atoms with Crippen LogP contribution in [0.1, 0.15) is 34.1 Å². The number of nitrogens with one attached hydrogen (secondary N) is 1. The Labute approximate surface area is 170 Å². The number of para-hydroxylation sites is 1. The zero-order valence-electron chi connectivity index (χ0n) is 16.9. The molecule has 0 aliphatic rings. The number of benzene rings is 2. The van der Waals surface area contributed by atoms with Gasteiger partial charge in [0, 0.05) is 18.1 Å². The minimum atomic E-state index is -0.161. The van der Waals surface area contributed by atoms with Crippen molar-refractivity contribution in [2.75, 3.05) is 5.32 Å². The lowest BCUT2D eigenvalue weighted by atomic mass is 10.1. The molecule has 0 unspecified atom stereocenters. The number of aromatic nitrogens is 3. The molecule has 29 heavy (non-hydrogen) atoms. The van der Waals surface area contributed by atoms with Crippen molar-refractivity contribution in [3.05, 3.63) is 95.4 Å². The molecule has 0 radical (unpaired) electrons. The molecule has 0 atom stereocenters. The number of hydrogen-bond donors (Lipinski definition) is 1. The Morgan fingerprint density at radius 3 is 2.48 bits per heavy atom. The monoisotopic (exact) mass is 384 g/mol. The van der Waals surface area contributed by atoms with E-state index in [2.05, 4.69) is 18.3 Å². The molecule has 2 aromatic carbocycles. The van der Waals surface area contributed by atoms with Gasteiger partial charge in [0.25, 0.3) is 5.91 Å². The summed E-state index contributed by atoms with van der Waals surface area (Å²) in [5, 5.41) is 7.81. The van der Waals surface area contributed by atoms with Crippen LogP contribution in [0.15, 0.2) is 73.1 Å². The van der Waals surface area contributed by atoms with Gasteiger partial charge in [-0.3, -0.25) is 4.79 Å². The van der Waals surface area contributed by atoms with E-state index in [9.17, 15) is 4.79 Å². The molecular weight excluding hydrogens is 360 g/mol. The van der Waals surface area contributed by atoms with Gasteiger partial charge in [0.2, 0.25) is 0 Å². The van der Waals surface area contributed by atoms with Crippen LogP contribution in [0.5, 0.6) is 0 Å². The van der Waals surface area contributed by atoms with E-state index in [4.69, 9.17) is 5.10 Å². The third kappa shape index (κ3) is 3.59. The van der Waals surface area contributed by atoms with Crippen LogP contribution in [-0.2, 0) is 6.42 Å². The smallest absolute Gasteiger partial charge is 0.261 e. The average Bonchev–Trinajstić information content (AvgIpc) is 3.36. The summed E-state index contributed by atoms with van der Waals surface area (Å²) in [5.74, 6) is 0.565. The Hall–Kier alpha value is -3.60. The van der Waals surface area contributed by atoms with Crippen molar-refractivity contribution in [3.8, 4) is 11.5 Å². The fraction of sp³-hybridized carbons (Fsp3) is 0.167. The predicted molar refractivity (Wildman–Crippen MR) is 116 cm³/mol. The maximum Gasteiger partial charge on any atom is 0.261 e. The zero-order chi connectivity index (χ0) is 20.4. The number of hydrogen-bond acceptors (Lipinski definition) is 2. The van der Waals surface area contributed by atoms with E-state index in [1.165, 1.54) is 0 Å². The summed E-state index contributed by atoms with van der Waals surface area (Å²) in [5.41, 5.74) is 5.24. The van der Waals surface area contributed by atoms with Crippen LogP contribution in [0.4, 0.5) is 5.69 Å². The zero-order valence-corrected chi connectivity index (χ0v) is 16.9. The first kappa shape index (κ1) is 18.7. The average molecular weight is 384 g/mol. The molecule has 0 saturated carbocycles. The highest BCUT2D eigenvalue weighted by Crippen LogP contribution is 2.25. The fourth-order valence-corrected chi connectivity index (χ4v) is 3.57. The molecule has 5 nitrogen and oxygen atoms in total. The molecule has 4 aromatic rings. The van der Waals surface area contributed by atoms with E-state index < -0.39 is 0 Å². The first-order chi connectivity index (χ1) is 14.1. The van der Waals surface area contributed by atoms with Crippen LogP contribution >= 0.6 is 0 Å². The predicted octanol–water partition coefficient (Wildman–Crippen LogP) is 5.09. The molecule has 0 fully saturated rings. The second kappa shape index (κ2) is 7.80. The number of rotatable bonds is 5. The highest BCUT2D eigenvalue weighted by Gasteiger charge is 2.24. The topological polar surface area (TPSA) is 51.9 Å². The van der Waals surface area contributed by atoms with Crippen molar-refractivity contribution in [1.29, 1.82) is 0 Å². The van der Waals surface area contributed by atoms with E-state index in [0.717, 1.165) is 34.7 Å². The molecule has 4 rings (SSSR count). The van der Waals surface area contributed by atoms with Crippen molar-refractivity contribution in [2.24, 2.45) is 0 Å². The Morgan fingerprint density at radius 2 is 1.76 bits per heavy atom. The lowest BCUT2D eigenvalue weighted by Crippen LogP contribution is -2.17. The number of nitrogens with zero attached hydrogens (tertiary/aromatic N) is 3. The Bertz CT molecular complexity index is 1160. The number of amides is 1. The van der Waals surface area contributed by atoms with Crippen LogP contribution in [0.25, 0.3) is 11.5 Å². The van der Waals surface area contributed by atoms with Gasteiger partial charge >= 0.3 is 0 Å². The molecule has 1 N–H and O–H groups in total. The van der Waals surface area contributed by atoms with E-state index in [1.54, 1.807) is 0 Å². The molecule has 2 aromatic heterocycles. The Kier molecular flexibility index (Phi) is 5.04. The van der Waals surface area contributed by atoms with E-state index in [-0.39, 0.29) is 5.91 Å². The van der Waals surface area contributed by atoms with Gasteiger partial charge in [0.05, 0.1) is 11.4 Å². The van der Waals surface area contributed by atoms with Crippen molar-refractivity contribution >= 4 is 11.6 Å². The van der Waals surface area contributed by atoms with E-state index in [0.29, 0.717) is 11.3 Å². The van der Waals surface area contributed by atoms with Crippen molar-refractivity contribution < 1.29 is 4.79 Å². The fourth-order valence-electron chi connectivity index (χ4n) is 3.57. The molecule has 0 bridgehead atoms. The van der Waals surface area contributed by atoms with Crippen LogP contribution in [0.2, 0.25) is 0 Å². The standard InChI is InChI=1S/C24H24N4O/c1-4-19-11-5-6-13-21(19)25-23(29)22-18(3)26-28(20-12-9-10-17(2)16-20)24(22)27-14-7-8-15-27/h5-16H,4H2,1-3H3,(H,25,29). The lowest BCUT2D eigenvalue weighted by Gasteiger charge is -2.13. The SMILES string of the molecule is CCc1ccccc1NC(=O)c1c(C)nn(-c2cccc(C)c2)c1-n1cccc1. The quantitative estimate of drug-likeness (QED) is 0.521. The number of carbonyl (C=O) groups is 1. The molecule has 0 aliphatic heterocycles. The number of carbonyl (C=O) groups excluding carboxylic acids is 1. The second-order valence-electron chi connectivity index (χ2n) is 7.09. The van der Waals surface area contributed by atoms with Crippen molar-refractivity contribution in [2.45, 2.75) is 27.2 Å². The Morgan fingerprint density at radius 1 is 1.00 bits per heavy atom. The van der Waals surface area contributed by atoms with E-state index in [1.807, 2.05) is 90.1 Å². The van der Waals surface area contributed by atoms with Crippen molar-refractivity contribution in [1.82, 2.24) is 14.3 Å². The summed E-state index contributed by atoms with van der Waals surface area (Å²) in [6, 6.07) is 19.9. The van der Waals surface area contributed by atoms with E-state index >= 15 is 0 Å². The van der Waals surface area contributed by atoms with Gasteiger partial charge in [-0.1, -0.05) is 37.3 Å². The minimum absolute atomic E-state index is 0.161. The lowest BCUT2D eigenvalue weighted by molar-refractivity contribution is 0.102. The van der Waals surface area contributed by atoms with Crippen LogP contribution in [-0.4, -0.2) is 20.3 Å². The van der Waals surface area contributed by atoms with Gasteiger partial charge in [-0.05, 0) is 61.7 Å². The summed E-state index contributed by atoms with van der Waals surface area (Å²) in [4.78, 5) is 13.4. The van der Waals surface area contributed by atoms with Gasteiger partial charge in [0.15, 0.2) is 5.82 Å². The van der Waals surface area contributed by atoms with Gasteiger partial charge in [-0.15, -0.1) is 0 Å².